The third kappa shape index (κ3) is 2.94. The standard InChI is InChI=1S/C11H10ClNOS/c1-8-6-13-11(15-8)7-14-10-4-2-9(12)3-5-10/h2-6H,7H2,1H3. The van der Waals surface area contributed by atoms with Gasteiger partial charge in [0.05, 0.1) is 0 Å². The van der Waals surface area contributed by atoms with E-state index in [1.807, 2.05) is 37.4 Å². The number of nitrogens with zero attached hydrogens (tertiary/aromatic N) is 1. The van der Waals surface area contributed by atoms with E-state index in [2.05, 4.69) is 4.98 Å². The lowest BCUT2D eigenvalue weighted by Gasteiger charge is -2.03. The summed E-state index contributed by atoms with van der Waals surface area (Å²) in [5, 5.41) is 1.70. The molecule has 0 saturated heterocycles. The monoisotopic (exact) mass is 239 g/mol. The van der Waals surface area contributed by atoms with Crippen LogP contribution >= 0.6 is 22.9 Å². The number of rotatable bonds is 3. The first-order chi connectivity index (χ1) is 7.24. The molecule has 0 aliphatic rings. The first kappa shape index (κ1) is 10.5. The topological polar surface area (TPSA) is 22.1 Å². The highest BCUT2D eigenvalue weighted by Gasteiger charge is 1.99. The van der Waals surface area contributed by atoms with Crippen LogP contribution in [-0.4, -0.2) is 4.98 Å². The van der Waals surface area contributed by atoms with Crippen molar-refractivity contribution in [3.05, 3.63) is 45.4 Å². The Hall–Kier alpha value is -1.06. The predicted molar refractivity (Wildman–Crippen MR) is 62.6 cm³/mol. The van der Waals surface area contributed by atoms with Crippen molar-refractivity contribution in [1.29, 1.82) is 0 Å². The van der Waals surface area contributed by atoms with Gasteiger partial charge in [0.2, 0.25) is 0 Å². The first-order valence-electron chi connectivity index (χ1n) is 4.54. The lowest BCUT2D eigenvalue weighted by molar-refractivity contribution is 0.305. The number of aromatic nitrogens is 1. The van der Waals surface area contributed by atoms with Crippen molar-refractivity contribution in [3.63, 3.8) is 0 Å². The zero-order valence-corrected chi connectivity index (χ0v) is 9.81. The van der Waals surface area contributed by atoms with Crippen LogP contribution in [0.5, 0.6) is 5.75 Å². The molecule has 0 aliphatic carbocycles. The third-order valence-electron chi connectivity index (χ3n) is 1.85. The highest BCUT2D eigenvalue weighted by Crippen LogP contribution is 2.18. The molecule has 0 fully saturated rings. The van der Waals surface area contributed by atoms with Gasteiger partial charge in [-0.1, -0.05) is 11.6 Å². The summed E-state index contributed by atoms with van der Waals surface area (Å²) in [6.45, 7) is 2.55. The molecule has 0 atom stereocenters. The van der Waals surface area contributed by atoms with Crippen molar-refractivity contribution >= 4 is 22.9 Å². The van der Waals surface area contributed by atoms with Crippen molar-refractivity contribution < 1.29 is 4.74 Å². The van der Waals surface area contributed by atoms with E-state index in [0.717, 1.165) is 10.8 Å². The van der Waals surface area contributed by atoms with Crippen molar-refractivity contribution in [1.82, 2.24) is 4.98 Å². The maximum atomic E-state index is 5.77. The fourth-order valence-corrected chi connectivity index (χ4v) is 1.97. The Morgan fingerprint density at radius 3 is 2.67 bits per heavy atom. The van der Waals surface area contributed by atoms with E-state index in [0.29, 0.717) is 11.6 Å². The van der Waals surface area contributed by atoms with E-state index >= 15 is 0 Å². The van der Waals surface area contributed by atoms with Crippen LogP contribution < -0.4 is 4.74 Å². The van der Waals surface area contributed by atoms with Gasteiger partial charge in [0.15, 0.2) is 0 Å². The third-order valence-corrected chi connectivity index (χ3v) is 2.98. The second-order valence-electron chi connectivity index (χ2n) is 3.11. The number of aryl methyl sites for hydroxylation is 1. The van der Waals surface area contributed by atoms with Gasteiger partial charge in [-0.2, -0.15) is 0 Å². The molecule has 0 N–H and O–H groups in total. The summed E-state index contributed by atoms with van der Waals surface area (Å²) in [4.78, 5) is 5.41. The molecule has 2 rings (SSSR count). The van der Waals surface area contributed by atoms with Crippen LogP contribution in [0.25, 0.3) is 0 Å². The lowest BCUT2D eigenvalue weighted by atomic mass is 10.3. The average molecular weight is 240 g/mol. The fraction of sp³-hybridized carbons (Fsp3) is 0.182. The molecule has 15 heavy (non-hydrogen) atoms. The van der Waals surface area contributed by atoms with Gasteiger partial charge < -0.3 is 4.74 Å². The summed E-state index contributed by atoms with van der Waals surface area (Å²) >= 11 is 7.41. The molecule has 78 valence electrons. The number of ether oxygens (including phenoxy) is 1. The number of halogens is 1. The smallest absolute Gasteiger partial charge is 0.140 e. The van der Waals surface area contributed by atoms with Crippen molar-refractivity contribution in [2.24, 2.45) is 0 Å². The maximum absolute atomic E-state index is 5.77. The molecule has 0 saturated carbocycles. The first-order valence-corrected chi connectivity index (χ1v) is 5.73. The van der Waals surface area contributed by atoms with Gasteiger partial charge in [-0.15, -0.1) is 11.3 Å². The average Bonchev–Trinajstić information content (AvgIpc) is 2.64. The van der Waals surface area contributed by atoms with E-state index in [1.165, 1.54) is 4.88 Å². The van der Waals surface area contributed by atoms with Crippen LogP contribution in [0.4, 0.5) is 0 Å². The van der Waals surface area contributed by atoms with Crippen molar-refractivity contribution in [2.45, 2.75) is 13.5 Å². The van der Waals surface area contributed by atoms with Gasteiger partial charge in [0.25, 0.3) is 0 Å². The van der Waals surface area contributed by atoms with Crippen molar-refractivity contribution in [2.75, 3.05) is 0 Å². The molecule has 4 heteroatoms. The predicted octanol–water partition coefficient (Wildman–Crippen LogP) is 3.68. The Labute approximate surface area is 97.5 Å². The molecule has 1 aromatic heterocycles. The van der Waals surface area contributed by atoms with E-state index in [4.69, 9.17) is 16.3 Å². The largest absolute Gasteiger partial charge is 0.486 e. The van der Waals surface area contributed by atoms with Crippen LogP contribution in [0.2, 0.25) is 5.02 Å². The lowest BCUT2D eigenvalue weighted by Crippen LogP contribution is -1.93. The summed E-state index contributed by atoms with van der Waals surface area (Å²) < 4.78 is 5.55. The Morgan fingerprint density at radius 2 is 2.07 bits per heavy atom. The molecule has 0 amide bonds. The van der Waals surface area contributed by atoms with Gasteiger partial charge in [0.1, 0.15) is 17.4 Å². The van der Waals surface area contributed by atoms with Crippen LogP contribution in [0, 0.1) is 6.92 Å². The summed E-state index contributed by atoms with van der Waals surface area (Å²) in [6.07, 6.45) is 1.85. The van der Waals surface area contributed by atoms with Gasteiger partial charge in [-0.05, 0) is 31.2 Å². The molecule has 0 spiro atoms. The SMILES string of the molecule is Cc1cnc(COc2ccc(Cl)cc2)s1. The molecule has 0 unspecified atom stereocenters. The van der Waals surface area contributed by atoms with E-state index < -0.39 is 0 Å². The van der Waals surface area contributed by atoms with E-state index in [1.54, 1.807) is 11.3 Å². The highest BCUT2D eigenvalue weighted by atomic mass is 35.5. The van der Waals surface area contributed by atoms with Crippen LogP contribution in [-0.2, 0) is 6.61 Å². The molecular weight excluding hydrogens is 230 g/mol. The summed E-state index contributed by atoms with van der Waals surface area (Å²) in [5.74, 6) is 0.812. The van der Waals surface area contributed by atoms with Crippen LogP contribution in [0.1, 0.15) is 9.88 Å². The summed E-state index contributed by atoms with van der Waals surface area (Å²) in [6, 6.07) is 7.32. The number of thiazole rings is 1. The maximum Gasteiger partial charge on any atom is 0.140 e. The summed E-state index contributed by atoms with van der Waals surface area (Å²) in [5.41, 5.74) is 0. The normalized spacial score (nSPS) is 10.3. The Balaban J connectivity index is 1.96. The van der Waals surface area contributed by atoms with Gasteiger partial charge in [-0.3, -0.25) is 0 Å². The van der Waals surface area contributed by atoms with Gasteiger partial charge in [-0.25, -0.2) is 4.98 Å². The van der Waals surface area contributed by atoms with Gasteiger partial charge >= 0.3 is 0 Å². The van der Waals surface area contributed by atoms with Gasteiger partial charge in [0, 0.05) is 16.1 Å². The Kier molecular flexibility index (Phi) is 3.23. The molecule has 0 radical (unpaired) electrons. The van der Waals surface area contributed by atoms with E-state index in [-0.39, 0.29) is 0 Å². The molecular formula is C11H10ClNOS. The molecule has 0 aliphatic heterocycles. The number of hydrogen-bond donors (Lipinski definition) is 0. The minimum Gasteiger partial charge on any atom is -0.486 e. The number of benzene rings is 1. The second kappa shape index (κ2) is 4.64. The molecule has 0 bridgehead atoms. The van der Waals surface area contributed by atoms with E-state index in [9.17, 15) is 0 Å². The van der Waals surface area contributed by atoms with Crippen LogP contribution in [0.15, 0.2) is 30.5 Å². The zero-order chi connectivity index (χ0) is 10.7. The highest BCUT2D eigenvalue weighted by molar-refractivity contribution is 7.11. The molecule has 2 nitrogen and oxygen atoms in total. The molecule has 1 aromatic carbocycles. The Bertz CT molecular complexity index is 438. The zero-order valence-electron chi connectivity index (χ0n) is 8.24. The Morgan fingerprint density at radius 1 is 1.33 bits per heavy atom. The van der Waals surface area contributed by atoms with Crippen molar-refractivity contribution in [3.8, 4) is 5.75 Å². The fourth-order valence-electron chi connectivity index (χ4n) is 1.14. The molecule has 1 heterocycles. The summed E-state index contributed by atoms with van der Waals surface area (Å²) in [7, 11) is 0. The minimum absolute atomic E-state index is 0.514. The van der Waals surface area contributed by atoms with Crippen LogP contribution in [0.3, 0.4) is 0 Å². The minimum atomic E-state index is 0.514. The second-order valence-corrected chi connectivity index (χ2v) is 4.86. The quantitative estimate of drug-likeness (QED) is 0.815. The molecule has 2 aromatic rings. The number of hydrogen-bond acceptors (Lipinski definition) is 3.